The first-order valence-electron chi connectivity index (χ1n) is 4.45. The molecule has 0 unspecified atom stereocenters. The molecule has 2 rings (SSSR count). The quantitative estimate of drug-likeness (QED) is 0.678. The fourth-order valence-corrected chi connectivity index (χ4v) is 1.69. The Morgan fingerprint density at radius 3 is 2.87 bits per heavy atom. The van der Waals surface area contributed by atoms with Gasteiger partial charge in [0.1, 0.15) is 0 Å². The number of carboxylic acids is 1. The van der Waals surface area contributed by atoms with Crippen molar-refractivity contribution < 1.29 is 14.7 Å². The van der Waals surface area contributed by atoms with Gasteiger partial charge in [0.25, 0.3) is 5.91 Å². The summed E-state index contributed by atoms with van der Waals surface area (Å²) in [6, 6.07) is 5.41. The highest BCUT2D eigenvalue weighted by atomic mass is 16.4. The summed E-state index contributed by atoms with van der Waals surface area (Å²) in [5.74, 6) is -1.47. The van der Waals surface area contributed by atoms with E-state index in [1.165, 1.54) is 0 Å². The number of carboxylic acid groups (broad SMARTS) is 1. The van der Waals surface area contributed by atoms with Crippen LogP contribution in [0.2, 0.25) is 0 Å². The first-order valence-corrected chi connectivity index (χ1v) is 4.45. The maximum atomic E-state index is 11.5. The smallest absolute Gasteiger partial charge is 0.329 e. The molecule has 0 saturated carbocycles. The first kappa shape index (κ1) is 9.45. The van der Waals surface area contributed by atoms with Gasteiger partial charge in [0.15, 0.2) is 0 Å². The van der Waals surface area contributed by atoms with Crippen LogP contribution in [-0.4, -0.2) is 17.0 Å². The molecule has 0 aliphatic carbocycles. The minimum atomic E-state index is -1.11. The maximum absolute atomic E-state index is 11.5. The Labute approximate surface area is 86.2 Å². The monoisotopic (exact) mass is 203 g/mol. The Bertz CT molecular complexity index is 489. The number of nitrogens with one attached hydrogen (secondary N) is 1. The van der Waals surface area contributed by atoms with Gasteiger partial charge in [-0.3, -0.25) is 4.79 Å². The average Bonchev–Trinajstić information content (AvgIpc) is 2.43. The predicted octanol–water partition coefficient (Wildman–Crippen LogP) is 1.42. The number of hydrogen-bond donors (Lipinski definition) is 2. The van der Waals surface area contributed by atoms with Crippen LogP contribution < -0.4 is 5.32 Å². The van der Waals surface area contributed by atoms with E-state index in [0.717, 1.165) is 11.6 Å². The number of aryl methyl sites for hydroxylation is 1. The summed E-state index contributed by atoms with van der Waals surface area (Å²) in [7, 11) is 0. The lowest BCUT2D eigenvalue weighted by Crippen LogP contribution is -2.05. The fourth-order valence-electron chi connectivity index (χ4n) is 1.69. The van der Waals surface area contributed by atoms with E-state index >= 15 is 0 Å². The predicted molar refractivity (Wildman–Crippen MR) is 55.4 cm³/mol. The van der Waals surface area contributed by atoms with Crippen LogP contribution in [0, 0.1) is 6.92 Å². The van der Waals surface area contributed by atoms with Crippen molar-refractivity contribution >= 4 is 23.1 Å². The van der Waals surface area contributed by atoms with Crippen LogP contribution in [-0.2, 0) is 9.59 Å². The number of hydrogen-bond acceptors (Lipinski definition) is 2. The van der Waals surface area contributed by atoms with Gasteiger partial charge in [0, 0.05) is 17.3 Å². The van der Waals surface area contributed by atoms with Crippen LogP contribution >= 0.6 is 0 Å². The highest BCUT2D eigenvalue weighted by molar-refractivity contribution is 6.33. The van der Waals surface area contributed by atoms with Crippen LogP contribution in [0.15, 0.2) is 24.3 Å². The van der Waals surface area contributed by atoms with E-state index < -0.39 is 5.97 Å². The Hall–Kier alpha value is -2.10. The molecular formula is C11H9NO3. The van der Waals surface area contributed by atoms with Gasteiger partial charge in [0.05, 0.1) is 5.57 Å². The molecule has 0 spiro atoms. The lowest BCUT2D eigenvalue weighted by Gasteiger charge is -2.01. The van der Waals surface area contributed by atoms with Crippen molar-refractivity contribution in [3.8, 4) is 0 Å². The van der Waals surface area contributed by atoms with Crippen LogP contribution in [0.4, 0.5) is 5.69 Å². The number of aliphatic carboxylic acids is 1. The van der Waals surface area contributed by atoms with Crippen molar-refractivity contribution in [2.75, 3.05) is 5.32 Å². The van der Waals surface area contributed by atoms with Gasteiger partial charge in [-0.25, -0.2) is 4.79 Å². The molecule has 1 aliphatic heterocycles. The summed E-state index contributed by atoms with van der Waals surface area (Å²) in [6.07, 6.45) is 0.939. The molecule has 76 valence electrons. The third-order valence-corrected chi connectivity index (χ3v) is 2.30. The summed E-state index contributed by atoms with van der Waals surface area (Å²) in [5.41, 5.74) is 2.46. The molecule has 1 aromatic carbocycles. The zero-order valence-corrected chi connectivity index (χ0v) is 8.07. The largest absolute Gasteiger partial charge is 0.478 e. The standard InChI is InChI=1S/C11H9NO3/c1-6-3-2-4-8-10(6)7(5-9(13)14)11(15)12-8/h2-5H,1H3,(H,12,15)(H,13,14)/b7-5-. The van der Waals surface area contributed by atoms with Gasteiger partial charge in [-0.15, -0.1) is 0 Å². The summed E-state index contributed by atoms with van der Waals surface area (Å²) in [4.78, 5) is 22.0. The minimum absolute atomic E-state index is 0.218. The second-order valence-corrected chi connectivity index (χ2v) is 3.35. The molecule has 0 atom stereocenters. The molecule has 0 radical (unpaired) electrons. The Morgan fingerprint density at radius 2 is 2.20 bits per heavy atom. The molecule has 1 amide bonds. The first-order chi connectivity index (χ1) is 7.09. The summed E-state index contributed by atoms with van der Waals surface area (Å²) in [6.45, 7) is 1.84. The molecule has 1 aliphatic rings. The van der Waals surface area contributed by atoms with Gasteiger partial charge < -0.3 is 10.4 Å². The van der Waals surface area contributed by atoms with E-state index in [1.807, 2.05) is 19.1 Å². The lowest BCUT2D eigenvalue weighted by atomic mass is 10.0. The number of fused-ring (bicyclic) bond motifs is 1. The van der Waals surface area contributed by atoms with Gasteiger partial charge in [-0.2, -0.15) is 0 Å². The molecule has 1 aromatic rings. The van der Waals surface area contributed by atoms with E-state index in [4.69, 9.17) is 5.11 Å². The molecule has 15 heavy (non-hydrogen) atoms. The van der Waals surface area contributed by atoms with E-state index in [9.17, 15) is 9.59 Å². The Kier molecular flexibility index (Phi) is 2.04. The van der Waals surface area contributed by atoms with E-state index in [1.54, 1.807) is 6.07 Å². The molecule has 0 bridgehead atoms. The zero-order valence-electron chi connectivity index (χ0n) is 8.07. The molecule has 4 nitrogen and oxygen atoms in total. The molecular weight excluding hydrogens is 194 g/mol. The molecule has 0 fully saturated rings. The van der Waals surface area contributed by atoms with Crippen molar-refractivity contribution in [2.45, 2.75) is 6.92 Å². The summed E-state index contributed by atoms with van der Waals surface area (Å²) in [5, 5.41) is 11.3. The topological polar surface area (TPSA) is 66.4 Å². The van der Waals surface area contributed by atoms with E-state index in [2.05, 4.69) is 5.32 Å². The average molecular weight is 203 g/mol. The van der Waals surface area contributed by atoms with Crippen LogP contribution in [0.1, 0.15) is 11.1 Å². The number of anilines is 1. The Balaban J connectivity index is 2.63. The van der Waals surface area contributed by atoms with Crippen molar-refractivity contribution in [1.82, 2.24) is 0 Å². The van der Waals surface area contributed by atoms with Crippen molar-refractivity contribution in [1.29, 1.82) is 0 Å². The van der Waals surface area contributed by atoms with Crippen molar-refractivity contribution in [3.05, 3.63) is 35.4 Å². The van der Waals surface area contributed by atoms with Gasteiger partial charge in [-0.1, -0.05) is 12.1 Å². The number of benzene rings is 1. The molecule has 4 heteroatoms. The van der Waals surface area contributed by atoms with Crippen molar-refractivity contribution in [2.24, 2.45) is 0 Å². The van der Waals surface area contributed by atoms with Gasteiger partial charge in [0.2, 0.25) is 0 Å². The number of carbonyl (C=O) groups is 2. The van der Waals surface area contributed by atoms with Crippen LogP contribution in [0.3, 0.4) is 0 Å². The zero-order chi connectivity index (χ0) is 11.0. The third-order valence-electron chi connectivity index (χ3n) is 2.30. The molecule has 2 N–H and O–H groups in total. The summed E-state index contributed by atoms with van der Waals surface area (Å²) >= 11 is 0. The van der Waals surface area contributed by atoms with Crippen LogP contribution in [0.5, 0.6) is 0 Å². The highest BCUT2D eigenvalue weighted by Crippen LogP contribution is 2.33. The molecule has 0 aromatic heterocycles. The maximum Gasteiger partial charge on any atom is 0.329 e. The second kappa shape index (κ2) is 3.24. The van der Waals surface area contributed by atoms with Crippen molar-refractivity contribution in [3.63, 3.8) is 0 Å². The van der Waals surface area contributed by atoms with Gasteiger partial charge >= 0.3 is 5.97 Å². The minimum Gasteiger partial charge on any atom is -0.478 e. The lowest BCUT2D eigenvalue weighted by molar-refractivity contribution is -0.131. The molecule has 1 heterocycles. The van der Waals surface area contributed by atoms with Crippen LogP contribution in [0.25, 0.3) is 5.57 Å². The second-order valence-electron chi connectivity index (χ2n) is 3.35. The Morgan fingerprint density at radius 1 is 1.47 bits per heavy atom. The SMILES string of the molecule is Cc1cccc2c1/C(=C/C(=O)O)C(=O)N2. The van der Waals surface area contributed by atoms with Gasteiger partial charge in [-0.05, 0) is 18.6 Å². The number of rotatable bonds is 1. The molecule has 0 saturated heterocycles. The number of carbonyl (C=O) groups excluding carboxylic acids is 1. The highest BCUT2D eigenvalue weighted by Gasteiger charge is 2.25. The summed E-state index contributed by atoms with van der Waals surface area (Å²) < 4.78 is 0. The van der Waals surface area contributed by atoms with E-state index in [-0.39, 0.29) is 11.5 Å². The normalized spacial score (nSPS) is 16.3. The number of amides is 1. The van der Waals surface area contributed by atoms with E-state index in [0.29, 0.717) is 11.3 Å². The fraction of sp³-hybridized carbons (Fsp3) is 0.0909. The third kappa shape index (κ3) is 1.50.